The van der Waals surface area contributed by atoms with Crippen LogP contribution in [0, 0.1) is 0 Å². The lowest BCUT2D eigenvalue weighted by Crippen LogP contribution is -2.47. The van der Waals surface area contributed by atoms with Crippen LogP contribution in [0.4, 0.5) is 5.69 Å². The number of nitrogens with one attached hydrogen (secondary N) is 2. The van der Waals surface area contributed by atoms with Gasteiger partial charge in [0.1, 0.15) is 5.75 Å². The number of hydrogen-bond donors (Lipinski definition) is 3. The monoisotopic (exact) mass is 435 g/mol. The molecule has 3 amide bonds. The van der Waals surface area contributed by atoms with Crippen molar-refractivity contribution >= 4 is 23.4 Å². The summed E-state index contributed by atoms with van der Waals surface area (Å²) >= 11 is 0. The van der Waals surface area contributed by atoms with Crippen molar-refractivity contribution in [1.82, 2.24) is 20.6 Å². The highest BCUT2D eigenvalue weighted by Crippen LogP contribution is 2.33. The zero-order valence-electron chi connectivity index (χ0n) is 17.2. The van der Waals surface area contributed by atoms with Crippen LogP contribution in [0.1, 0.15) is 23.8 Å². The molecule has 10 heteroatoms. The van der Waals surface area contributed by atoms with E-state index in [1.807, 2.05) is 6.07 Å². The van der Waals surface area contributed by atoms with Crippen molar-refractivity contribution in [1.29, 1.82) is 0 Å². The molecule has 10 nitrogen and oxygen atoms in total. The lowest BCUT2D eigenvalue weighted by molar-refractivity contribution is -0.125. The first kappa shape index (κ1) is 20.9. The maximum atomic E-state index is 12.5. The van der Waals surface area contributed by atoms with Crippen LogP contribution in [0.2, 0.25) is 0 Å². The number of carbonyl (C=O) groups excluding carboxylic acids is 3. The second kappa shape index (κ2) is 8.80. The summed E-state index contributed by atoms with van der Waals surface area (Å²) in [5, 5.41) is 14.1. The highest BCUT2D eigenvalue weighted by Gasteiger charge is 2.31. The first-order chi connectivity index (χ1) is 15.4. The average molecular weight is 435 g/mol. The van der Waals surface area contributed by atoms with E-state index in [1.54, 1.807) is 55.5 Å². The fourth-order valence-corrected chi connectivity index (χ4v) is 3.29. The van der Waals surface area contributed by atoms with E-state index in [4.69, 9.17) is 4.74 Å². The van der Waals surface area contributed by atoms with E-state index in [0.717, 1.165) is 0 Å². The Morgan fingerprint density at radius 3 is 2.59 bits per heavy atom. The van der Waals surface area contributed by atoms with Crippen molar-refractivity contribution < 1.29 is 24.2 Å². The maximum absolute atomic E-state index is 12.5. The van der Waals surface area contributed by atoms with Crippen LogP contribution in [0.25, 0.3) is 5.69 Å². The van der Waals surface area contributed by atoms with Gasteiger partial charge in [-0.25, -0.2) is 4.68 Å². The van der Waals surface area contributed by atoms with Crippen LogP contribution in [-0.4, -0.2) is 45.3 Å². The molecule has 0 radical (unpaired) electrons. The Kier molecular flexibility index (Phi) is 5.75. The third kappa shape index (κ3) is 4.24. The van der Waals surface area contributed by atoms with Crippen LogP contribution in [0.3, 0.4) is 0 Å². The molecule has 1 aromatic heterocycles. The predicted molar refractivity (Wildman–Crippen MR) is 114 cm³/mol. The molecule has 4 rings (SSSR count). The number of fused-ring (bicyclic) bond motifs is 1. The van der Waals surface area contributed by atoms with Gasteiger partial charge in [-0.15, -0.1) is 0 Å². The first-order valence-electron chi connectivity index (χ1n) is 9.94. The number of hydrazine groups is 1. The number of carbonyl (C=O) groups is 3. The largest absolute Gasteiger partial charge is 0.504 e. The number of nitrogens with zero attached hydrogens (tertiary/aromatic N) is 3. The van der Waals surface area contributed by atoms with Crippen LogP contribution >= 0.6 is 0 Å². The van der Waals surface area contributed by atoms with Crippen molar-refractivity contribution in [3.05, 3.63) is 66.5 Å². The second-order valence-corrected chi connectivity index (χ2v) is 7.11. The summed E-state index contributed by atoms with van der Waals surface area (Å²) in [6.07, 6.45) is 0.585. The predicted octanol–water partition coefficient (Wildman–Crippen LogP) is 1.54. The van der Waals surface area contributed by atoms with Gasteiger partial charge < -0.3 is 14.7 Å². The van der Waals surface area contributed by atoms with Gasteiger partial charge in [0.15, 0.2) is 17.5 Å². The van der Waals surface area contributed by atoms with Gasteiger partial charge in [-0.05, 0) is 31.2 Å². The summed E-state index contributed by atoms with van der Waals surface area (Å²) in [6, 6.07) is 16.0. The molecule has 3 aromatic rings. The second-order valence-electron chi connectivity index (χ2n) is 7.11. The third-order valence-corrected chi connectivity index (χ3v) is 4.88. The molecule has 1 aliphatic rings. The topological polar surface area (TPSA) is 126 Å². The molecule has 32 heavy (non-hydrogen) atoms. The lowest BCUT2D eigenvalue weighted by Gasteiger charge is -2.32. The zero-order chi connectivity index (χ0) is 22.7. The van der Waals surface area contributed by atoms with Crippen molar-refractivity contribution in [2.45, 2.75) is 19.4 Å². The molecule has 2 heterocycles. The summed E-state index contributed by atoms with van der Waals surface area (Å²) in [4.78, 5) is 38.5. The number of para-hydroxylation sites is 3. The molecule has 3 N–H and O–H groups in total. The average Bonchev–Trinajstić information content (AvgIpc) is 3.20. The summed E-state index contributed by atoms with van der Waals surface area (Å²) in [5.74, 6) is -1.29. The summed E-state index contributed by atoms with van der Waals surface area (Å²) in [5.41, 5.74) is 5.52. The standard InChI is InChI=1S/C22H21N5O5/c1-14-22(31)26(16-9-5-6-10-18(16)32-14)12-11-19(29)23-24-21(30)20-17(28)13-27(25-20)15-7-3-2-4-8-15/h2-10,13-14,28H,11-12H2,1H3,(H,23,29)(H,24,30). The molecule has 0 bridgehead atoms. The number of anilines is 1. The summed E-state index contributed by atoms with van der Waals surface area (Å²) in [6.45, 7) is 1.76. The molecule has 1 atom stereocenters. The highest BCUT2D eigenvalue weighted by molar-refractivity contribution is 6.00. The van der Waals surface area contributed by atoms with Crippen molar-refractivity contribution in [2.75, 3.05) is 11.4 Å². The van der Waals surface area contributed by atoms with E-state index in [2.05, 4.69) is 16.0 Å². The van der Waals surface area contributed by atoms with Crippen LogP contribution in [0.5, 0.6) is 11.5 Å². The molecule has 0 saturated heterocycles. The van der Waals surface area contributed by atoms with Crippen molar-refractivity contribution in [2.24, 2.45) is 0 Å². The molecule has 164 valence electrons. The molecule has 0 spiro atoms. The van der Waals surface area contributed by atoms with Crippen LogP contribution in [0.15, 0.2) is 60.8 Å². The molecule has 0 saturated carbocycles. The van der Waals surface area contributed by atoms with Gasteiger partial charge in [-0.1, -0.05) is 30.3 Å². The molecule has 1 unspecified atom stereocenters. The maximum Gasteiger partial charge on any atom is 0.294 e. The van der Waals surface area contributed by atoms with Crippen molar-refractivity contribution in [3.63, 3.8) is 0 Å². The molecular weight excluding hydrogens is 414 g/mol. The van der Waals surface area contributed by atoms with Gasteiger partial charge in [-0.3, -0.25) is 25.2 Å². The molecule has 2 aromatic carbocycles. The van der Waals surface area contributed by atoms with Gasteiger partial charge in [0.2, 0.25) is 5.91 Å². The minimum absolute atomic E-state index is 0.0580. The SMILES string of the molecule is CC1Oc2ccccc2N(CCC(=O)NNC(=O)c2nn(-c3ccccc3)cc2O)C1=O. The first-order valence-corrected chi connectivity index (χ1v) is 9.94. The normalized spacial score (nSPS) is 15.0. The number of aromatic hydroxyl groups is 1. The Hall–Kier alpha value is -4.34. The van der Waals surface area contributed by atoms with E-state index in [9.17, 15) is 19.5 Å². The fraction of sp³-hybridized carbons (Fsp3) is 0.182. The minimum Gasteiger partial charge on any atom is -0.504 e. The van der Waals surface area contributed by atoms with Gasteiger partial charge in [0.25, 0.3) is 11.8 Å². The van der Waals surface area contributed by atoms with Gasteiger partial charge in [-0.2, -0.15) is 5.10 Å². The number of rotatable bonds is 5. The lowest BCUT2D eigenvalue weighted by atomic mass is 10.1. The van der Waals surface area contributed by atoms with Crippen LogP contribution in [-0.2, 0) is 9.59 Å². The van der Waals surface area contributed by atoms with E-state index in [-0.39, 0.29) is 30.3 Å². The van der Waals surface area contributed by atoms with E-state index in [1.165, 1.54) is 15.8 Å². The Morgan fingerprint density at radius 1 is 1.09 bits per heavy atom. The number of ether oxygens (including phenoxy) is 1. The highest BCUT2D eigenvalue weighted by atomic mass is 16.5. The molecular formula is C22H21N5O5. The van der Waals surface area contributed by atoms with Crippen molar-refractivity contribution in [3.8, 4) is 17.2 Å². The van der Waals surface area contributed by atoms with E-state index >= 15 is 0 Å². The molecule has 1 aliphatic heterocycles. The third-order valence-electron chi connectivity index (χ3n) is 4.88. The molecule has 0 aliphatic carbocycles. The van der Waals surface area contributed by atoms with Gasteiger partial charge in [0, 0.05) is 13.0 Å². The van der Waals surface area contributed by atoms with E-state index < -0.39 is 17.9 Å². The fourth-order valence-electron chi connectivity index (χ4n) is 3.29. The van der Waals surface area contributed by atoms with Gasteiger partial charge >= 0.3 is 0 Å². The number of benzene rings is 2. The minimum atomic E-state index is -0.771. The van der Waals surface area contributed by atoms with Crippen LogP contribution < -0.4 is 20.5 Å². The Balaban J connectivity index is 1.34. The summed E-state index contributed by atoms with van der Waals surface area (Å²) in [7, 11) is 0. The Morgan fingerprint density at radius 2 is 1.81 bits per heavy atom. The Bertz CT molecular complexity index is 1160. The zero-order valence-corrected chi connectivity index (χ0v) is 17.2. The van der Waals surface area contributed by atoms with E-state index in [0.29, 0.717) is 17.1 Å². The molecule has 0 fully saturated rings. The van der Waals surface area contributed by atoms with Gasteiger partial charge in [0.05, 0.1) is 17.6 Å². The number of amides is 3. The Labute approximate surface area is 183 Å². The number of aromatic nitrogens is 2. The summed E-state index contributed by atoms with van der Waals surface area (Å²) < 4.78 is 6.93. The number of hydrogen-bond acceptors (Lipinski definition) is 6. The quantitative estimate of drug-likeness (QED) is 0.522. The smallest absolute Gasteiger partial charge is 0.294 e.